The van der Waals surface area contributed by atoms with Gasteiger partial charge in [-0.2, -0.15) is 17.4 Å². The van der Waals surface area contributed by atoms with Crippen LogP contribution in [0.2, 0.25) is 0 Å². The van der Waals surface area contributed by atoms with Crippen LogP contribution in [0, 0.1) is 0 Å². The topological polar surface area (TPSA) is 78.1 Å². The number of hydrogen-bond donors (Lipinski definition) is 2. The van der Waals surface area contributed by atoms with E-state index >= 15 is 0 Å². The van der Waals surface area contributed by atoms with Gasteiger partial charge in [0.2, 0.25) is 0 Å². The highest BCUT2D eigenvalue weighted by Gasteiger charge is 2.23. The molecule has 2 heterocycles. The van der Waals surface area contributed by atoms with Crippen LogP contribution in [0.3, 0.4) is 0 Å². The van der Waals surface area contributed by atoms with E-state index in [1.807, 2.05) is 0 Å². The molecule has 2 N–H and O–H groups in total. The molecular formula is C9H16N4O2S. The molecule has 0 unspecified atom stereocenters. The number of imidazole rings is 1. The average Bonchev–Trinajstić information content (AvgIpc) is 2.81. The Morgan fingerprint density at radius 1 is 1.38 bits per heavy atom. The first kappa shape index (κ1) is 11.6. The van der Waals surface area contributed by atoms with Crippen LogP contribution in [-0.4, -0.2) is 35.8 Å². The quantitative estimate of drug-likeness (QED) is 0.796. The van der Waals surface area contributed by atoms with Gasteiger partial charge in [0.25, 0.3) is 10.2 Å². The van der Waals surface area contributed by atoms with Gasteiger partial charge in [-0.3, -0.25) is 0 Å². The molecule has 0 bridgehead atoms. The number of nitrogens with one attached hydrogen (secondary N) is 2. The van der Waals surface area contributed by atoms with Crippen LogP contribution >= 0.6 is 0 Å². The van der Waals surface area contributed by atoms with Crippen LogP contribution in [0.4, 0.5) is 0 Å². The van der Waals surface area contributed by atoms with Crippen LogP contribution < -0.4 is 4.72 Å². The van der Waals surface area contributed by atoms with E-state index in [2.05, 4.69) is 14.7 Å². The highest BCUT2D eigenvalue weighted by Crippen LogP contribution is 2.11. The third-order valence-corrected chi connectivity index (χ3v) is 4.21. The first-order valence-electron chi connectivity index (χ1n) is 5.40. The van der Waals surface area contributed by atoms with E-state index in [0.29, 0.717) is 13.1 Å². The molecule has 90 valence electrons. The van der Waals surface area contributed by atoms with Gasteiger partial charge in [-0.25, -0.2) is 4.98 Å². The van der Waals surface area contributed by atoms with Gasteiger partial charge in [-0.15, -0.1) is 0 Å². The Morgan fingerprint density at radius 2 is 2.12 bits per heavy atom. The summed E-state index contributed by atoms with van der Waals surface area (Å²) in [6.07, 6.45) is 6.16. The summed E-state index contributed by atoms with van der Waals surface area (Å²) in [5, 5.41) is 0. The molecule has 6 nitrogen and oxygen atoms in total. The molecule has 1 saturated heterocycles. The summed E-state index contributed by atoms with van der Waals surface area (Å²) in [6, 6.07) is 0. The second-order valence-corrected chi connectivity index (χ2v) is 5.62. The first-order valence-corrected chi connectivity index (χ1v) is 6.84. The van der Waals surface area contributed by atoms with Gasteiger partial charge in [-0.05, 0) is 12.8 Å². The normalized spacial score (nSPS) is 18.8. The molecular weight excluding hydrogens is 228 g/mol. The molecule has 0 radical (unpaired) electrons. The number of aromatic nitrogens is 2. The van der Waals surface area contributed by atoms with Crippen molar-refractivity contribution in [2.45, 2.75) is 25.8 Å². The standard InChI is InChI=1S/C9H16N4O2S/c14-16(15,13-4-2-1-3-5-13)12-7-9-6-10-8-11-9/h6,8,12H,1-5,7H2,(H,10,11). The van der Waals surface area contributed by atoms with Crippen molar-refractivity contribution >= 4 is 10.2 Å². The van der Waals surface area contributed by atoms with Crippen LogP contribution in [0.25, 0.3) is 0 Å². The molecule has 0 saturated carbocycles. The number of rotatable bonds is 4. The zero-order valence-electron chi connectivity index (χ0n) is 9.02. The highest BCUT2D eigenvalue weighted by atomic mass is 32.2. The monoisotopic (exact) mass is 244 g/mol. The number of hydrogen-bond acceptors (Lipinski definition) is 3. The Morgan fingerprint density at radius 3 is 2.75 bits per heavy atom. The van der Waals surface area contributed by atoms with Crippen molar-refractivity contribution in [2.75, 3.05) is 13.1 Å². The Hall–Kier alpha value is -0.920. The summed E-state index contributed by atoms with van der Waals surface area (Å²) >= 11 is 0. The molecule has 1 fully saturated rings. The van der Waals surface area contributed by atoms with Gasteiger partial charge < -0.3 is 4.98 Å². The number of nitrogens with zero attached hydrogens (tertiary/aromatic N) is 2. The molecule has 1 aliphatic heterocycles. The predicted molar refractivity (Wildman–Crippen MR) is 59.8 cm³/mol. The first-order chi connectivity index (χ1) is 7.68. The van der Waals surface area contributed by atoms with E-state index in [1.165, 1.54) is 10.6 Å². The predicted octanol–water partition coefficient (Wildman–Crippen LogP) is 0.230. The summed E-state index contributed by atoms with van der Waals surface area (Å²) < 4.78 is 27.8. The SMILES string of the molecule is O=S(=O)(NCc1cnc[nH]1)N1CCCCC1. The molecule has 1 aromatic rings. The van der Waals surface area contributed by atoms with Gasteiger partial charge in [0, 0.05) is 25.0 Å². The van der Waals surface area contributed by atoms with E-state index in [4.69, 9.17) is 0 Å². The Labute approximate surface area is 95.2 Å². The van der Waals surface area contributed by atoms with Crippen molar-refractivity contribution in [3.63, 3.8) is 0 Å². The minimum absolute atomic E-state index is 0.263. The fourth-order valence-electron chi connectivity index (χ4n) is 1.75. The van der Waals surface area contributed by atoms with Crippen LogP contribution in [0.1, 0.15) is 25.0 Å². The smallest absolute Gasteiger partial charge is 0.279 e. The molecule has 0 atom stereocenters. The Balaban J connectivity index is 1.91. The molecule has 1 aromatic heterocycles. The molecule has 1 aliphatic rings. The lowest BCUT2D eigenvalue weighted by Crippen LogP contribution is -2.43. The lowest BCUT2D eigenvalue weighted by Gasteiger charge is -2.25. The van der Waals surface area contributed by atoms with E-state index in [-0.39, 0.29) is 6.54 Å². The van der Waals surface area contributed by atoms with Crippen molar-refractivity contribution in [3.05, 3.63) is 18.2 Å². The van der Waals surface area contributed by atoms with Gasteiger partial charge in [0.15, 0.2) is 0 Å². The van der Waals surface area contributed by atoms with E-state index in [1.54, 1.807) is 6.20 Å². The molecule has 16 heavy (non-hydrogen) atoms. The summed E-state index contributed by atoms with van der Waals surface area (Å²) in [7, 11) is -3.32. The molecule has 0 spiro atoms. The highest BCUT2D eigenvalue weighted by molar-refractivity contribution is 7.87. The van der Waals surface area contributed by atoms with Crippen molar-refractivity contribution in [3.8, 4) is 0 Å². The van der Waals surface area contributed by atoms with Crippen LogP contribution in [0.15, 0.2) is 12.5 Å². The van der Waals surface area contributed by atoms with E-state index < -0.39 is 10.2 Å². The number of aromatic amines is 1. The molecule has 7 heteroatoms. The summed E-state index contributed by atoms with van der Waals surface area (Å²) in [5.41, 5.74) is 0.764. The fourth-order valence-corrected chi connectivity index (χ4v) is 3.01. The molecule has 0 aliphatic carbocycles. The fraction of sp³-hybridized carbons (Fsp3) is 0.667. The minimum atomic E-state index is -3.32. The lowest BCUT2D eigenvalue weighted by molar-refractivity contribution is 0.341. The maximum Gasteiger partial charge on any atom is 0.279 e. The van der Waals surface area contributed by atoms with Crippen molar-refractivity contribution < 1.29 is 8.42 Å². The van der Waals surface area contributed by atoms with E-state index in [0.717, 1.165) is 25.0 Å². The van der Waals surface area contributed by atoms with Crippen molar-refractivity contribution in [1.29, 1.82) is 0 Å². The van der Waals surface area contributed by atoms with Gasteiger partial charge in [0.05, 0.1) is 12.9 Å². The zero-order chi connectivity index (χ0) is 11.4. The molecule has 0 aromatic carbocycles. The van der Waals surface area contributed by atoms with Gasteiger partial charge >= 0.3 is 0 Å². The minimum Gasteiger partial charge on any atom is -0.347 e. The Kier molecular flexibility index (Phi) is 3.57. The van der Waals surface area contributed by atoms with Crippen molar-refractivity contribution in [2.24, 2.45) is 0 Å². The third kappa shape index (κ3) is 2.81. The Bertz CT molecular complexity index is 409. The zero-order valence-corrected chi connectivity index (χ0v) is 9.83. The average molecular weight is 244 g/mol. The van der Waals surface area contributed by atoms with Crippen molar-refractivity contribution in [1.82, 2.24) is 19.0 Å². The molecule has 2 rings (SSSR count). The third-order valence-electron chi connectivity index (χ3n) is 2.65. The van der Waals surface area contributed by atoms with Crippen LogP contribution in [0.5, 0.6) is 0 Å². The number of piperidine rings is 1. The van der Waals surface area contributed by atoms with Gasteiger partial charge in [0.1, 0.15) is 0 Å². The maximum absolute atomic E-state index is 11.9. The van der Waals surface area contributed by atoms with E-state index in [9.17, 15) is 8.42 Å². The second-order valence-electron chi connectivity index (χ2n) is 3.86. The summed E-state index contributed by atoms with van der Waals surface area (Å²) in [4.78, 5) is 6.69. The largest absolute Gasteiger partial charge is 0.347 e. The summed E-state index contributed by atoms with van der Waals surface area (Å²) in [5.74, 6) is 0. The molecule has 0 amide bonds. The number of H-pyrrole nitrogens is 1. The van der Waals surface area contributed by atoms with Crippen LogP contribution in [-0.2, 0) is 16.8 Å². The lowest BCUT2D eigenvalue weighted by atomic mass is 10.2. The summed E-state index contributed by atoms with van der Waals surface area (Å²) in [6.45, 7) is 1.51. The van der Waals surface area contributed by atoms with Gasteiger partial charge in [-0.1, -0.05) is 6.42 Å². The maximum atomic E-state index is 11.9. The second kappa shape index (κ2) is 4.94.